The number of allylic oxidation sites excluding steroid dienone is 4. The van der Waals surface area contributed by atoms with E-state index in [9.17, 15) is 4.79 Å². The molecule has 0 aromatic carbocycles. The average Bonchev–Trinajstić information content (AvgIpc) is 2.37. The fourth-order valence-electron chi connectivity index (χ4n) is 0.999. The third-order valence-corrected chi connectivity index (χ3v) is 1.84. The summed E-state index contributed by atoms with van der Waals surface area (Å²) >= 11 is 0. The normalized spacial score (nSPS) is 9.76. The highest BCUT2D eigenvalue weighted by Crippen LogP contribution is 2.07. The average molecular weight is 238 g/mol. The Morgan fingerprint density at radius 3 is 1.88 bits per heavy atom. The van der Waals surface area contributed by atoms with E-state index in [0.717, 1.165) is 12.7 Å². The summed E-state index contributed by atoms with van der Waals surface area (Å²) in [6.45, 7) is 13.4. The molecule has 0 amide bonds. The van der Waals surface area contributed by atoms with Gasteiger partial charge in [-0.2, -0.15) is 0 Å². The van der Waals surface area contributed by atoms with Gasteiger partial charge in [0.05, 0.1) is 0 Å². The van der Waals surface area contributed by atoms with Gasteiger partial charge in [-0.3, -0.25) is 4.79 Å². The first-order valence-electron chi connectivity index (χ1n) is 5.85. The fraction of sp³-hybridized carbons (Fsp3) is 0.467. The van der Waals surface area contributed by atoms with Gasteiger partial charge in [0.15, 0.2) is 0 Å². The van der Waals surface area contributed by atoms with Crippen LogP contribution in [0.4, 0.5) is 0 Å². The molecule has 0 spiro atoms. The lowest BCUT2D eigenvalue weighted by molar-refractivity contribution is -0.118. The highest BCUT2D eigenvalue weighted by Gasteiger charge is 1.98. The van der Waals surface area contributed by atoms with E-state index in [1.165, 1.54) is 12.5 Å². The van der Waals surface area contributed by atoms with Crippen LogP contribution >= 0.6 is 0 Å². The van der Waals surface area contributed by atoms with E-state index >= 15 is 0 Å². The number of hydrogen-bond acceptors (Lipinski definition) is 2. The summed E-state index contributed by atoms with van der Waals surface area (Å²) in [5.74, 6) is 0.346. The minimum Gasteiger partial charge on any atom is -0.304 e. The van der Waals surface area contributed by atoms with Crippen molar-refractivity contribution >= 4 is 12.1 Å². The minimum absolute atomic E-state index is 0.346. The molecular weight excluding hydrogens is 212 g/mol. The van der Waals surface area contributed by atoms with Gasteiger partial charge in [-0.25, -0.2) is 0 Å². The van der Waals surface area contributed by atoms with Gasteiger partial charge < -0.3 is 4.79 Å². The van der Waals surface area contributed by atoms with E-state index in [4.69, 9.17) is 4.79 Å². The van der Waals surface area contributed by atoms with Crippen LogP contribution < -0.4 is 0 Å². The smallest absolute Gasteiger partial charge is 0.132 e. The van der Waals surface area contributed by atoms with Gasteiger partial charge in [0.25, 0.3) is 0 Å². The van der Waals surface area contributed by atoms with Gasteiger partial charge in [-0.1, -0.05) is 30.7 Å². The van der Waals surface area contributed by atoms with Crippen molar-refractivity contribution < 1.29 is 9.59 Å². The maximum absolute atomic E-state index is 11.0. The van der Waals surface area contributed by atoms with Crippen molar-refractivity contribution in [2.75, 3.05) is 0 Å². The molecular formula is C15H26O2. The number of carbonyl (C=O) groups is 2. The number of Topliss-reactive ketones (excluding diaryl/α,β-unsaturated/α-hetero) is 1. The molecule has 0 atom stereocenters. The number of rotatable bonds is 5. The molecule has 0 saturated heterocycles. The fourth-order valence-corrected chi connectivity index (χ4v) is 0.999. The Morgan fingerprint density at radius 2 is 1.59 bits per heavy atom. The lowest BCUT2D eigenvalue weighted by atomic mass is 10.1. The van der Waals surface area contributed by atoms with Crippen molar-refractivity contribution in [2.24, 2.45) is 0 Å². The number of aldehydes is 1. The lowest BCUT2D eigenvalue weighted by Gasteiger charge is -1.98. The number of ketones is 1. The first-order valence-corrected chi connectivity index (χ1v) is 5.85. The van der Waals surface area contributed by atoms with Crippen molar-refractivity contribution in [3.05, 3.63) is 37.0 Å². The Hall–Kier alpha value is -1.44. The van der Waals surface area contributed by atoms with E-state index in [1.54, 1.807) is 0 Å². The van der Waals surface area contributed by atoms with Crippen molar-refractivity contribution in [3.8, 4) is 0 Å². The molecule has 17 heavy (non-hydrogen) atoms. The molecule has 0 heterocycles. The molecule has 0 unspecified atom stereocenters. The Bertz CT molecular complexity index is 237. The standard InChI is InChI=1S/C11H18O.C2H4O.C2H4/c1-4-7-10(5-2)8-9-11(12)6-3;1-2-3;1-2/h4-5,7H,6,8-9H2,1-3H3;2H,1H3;1-2H2/b7-4-,10-5+;;. The van der Waals surface area contributed by atoms with Crippen LogP contribution in [0.25, 0.3) is 0 Å². The highest BCUT2D eigenvalue weighted by molar-refractivity contribution is 5.78. The van der Waals surface area contributed by atoms with Crippen LogP contribution in [0.3, 0.4) is 0 Å². The Balaban J connectivity index is -0.000000337. The second kappa shape index (κ2) is 20.0. The third kappa shape index (κ3) is 20.6. The Morgan fingerprint density at radius 1 is 1.12 bits per heavy atom. The zero-order valence-corrected chi connectivity index (χ0v) is 11.7. The molecule has 0 aliphatic rings. The third-order valence-electron chi connectivity index (χ3n) is 1.84. The van der Waals surface area contributed by atoms with Crippen molar-refractivity contribution in [1.82, 2.24) is 0 Å². The lowest BCUT2D eigenvalue weighted by Crippen LogP contribution is -1.94. The van der Waals surface area contributed by atoms with E-state index < -0.39 is 0 Å². The maximum Gasteiger partial charge on any atom is 0.132 e. The van der Waals surface area contributed by atoms with E-state index in [1.807, 2.05) is 26.8 Å². The van der Waals surface area contributed by atoms with E-state index in [2.05, 4.69) is 25.3 Å². The van der Waals surface area contributed by atoms with Crippen LogP contribution in [0, 0.1) is 0 Å². The second-order valence-electron chi connectivity index (χ2n) is 2.99. The first-order chi connectivity index (χ1) is 8.15. The van der Waals surface area contributed by atoms with E-state index in [0.29, 0.717) is 18.6 Å². The molecule has 2 nitrogen and oxygen atoms in total. The summed E-state index contributed by atoms with van der Waals surface area (Å²) in [7, 11) is 0. The molecule has 0 rings (SSSR count). The van der Waals surface area contributed by atoms with Crippen molar-refractivity contribution in [1.29, 1.82) is 0 Å². The predicted octanol–water partition coefficient (Wildman–Crippen LogP) is 4.28. The molecule has 2 heteroatoms. The van der Waals surface area contributed by atoms with Crippen LogP contribution in [0.5, 0.6) is 0 Å². The van der Waals surface area contributed by atoms with Crippen LogP contribution in [0.15, 0.2) is 37.0 Å². The molecule has 0 fully saturated rings. The Kier molecular flexibility index (Phi) is 24.6. The molecule has 98 valence electrons. The summed E-state index contributed by atoms with van der Waals surface area (Å²) < 4.78 is 0. The first kappa shape index (κ1) is 20.9. The van der Waals surface area contributed by atoms with Crippen LogP contribution in [-0.4, -0.2) is 12.1 Å². The van der Waals surface area contributed by atoms with Gasteiger partial charge >= 0.3 is 0 Å². The quantitative estimate of drug-likeness (QED) is 0.407. The molecule has 0 aromatic rings. The molecule has 0 aliphatic carbocycles. The molecule has 0 saturated carbocycles. The van der Waals surface area contributed by atoms with Crippen molar-refractivity contribution in [2.45, 2.75) is 47.0 Å². The van der Waals surface area contributed by atoms with Crippen molar-refractivity contribution in [3.63, 3.8) is 0 Å². The Labute approximate surface area is 106 Å². The minimum atomic E-state index is 0.346. The topological polar surface area (TPSA) is 34.1 Å². The number of carbonyl (C=O) groups excluding carboxylic acids is 2. The summed E-state index contributed by atoms with van der Waals surface area (Å²) in [4.78, 5) is 19.8. The summed E-state index contributed by atoms with van der Waals surface area (Å²) in [6, 6.07) is 0. The molecule has 0 aliphatic heterocycles. The summed E-state index contributed by atoms with van der Waals surface area (Å²) in [6.07, 6.45) is 9.10. The second-order valence-corrected chi connectivity index (χ2v) is 2.99. The summed E-state index contributed by atoms with van der Waals surface area (Å²) in [5, 5.41) is 0. The van der Waals surface area contributed by atoms with Gasteiger partial charge in [0, 0.05) is 12.8 Å². The summed E-state index contributed by atoms with van der Waals surface area (Å²) in [5.41, 5.74) is 1.25. The van der Waals surface area contributed by atoms with Gasteiger partial charge in [-0.05, 0) is 27.2 Å². The zero-order chi connectivity index (χ0) is 14.1. The van der Waals surface area contributed by atoms with Crippen LogP contribution in [0.1, 0.15) is 47.0 Å². The molecule has 0 radical (unpaired) electrons. The number of hydrogen-bond donors (Lipinski definition) is 0. The van der Waals surface area contributed by atoms with Gasteiger partial charge in [0.1, 0.15) is 12.1 Å². The largest absolute Gasteiger partial charge is 0.304 e. The molecule has 0 N–H and O–H groups in total. The maximum atomic E-state index is 11.0. The van der Waals surface area contributed by atoms with Gasteiger partial charge in [-0.15, -0.1) is 13.2 Å². The predicted molar refractivity (Wildman–Crippen MR) is 76.1 cm³/mol. The SMILES string of the molecule is C/C=C\C(=C/C)CCC(=O)CC.C=C.CC=O. The molecule has 0 bridgehead atoms. The van der Waals surface area contributed by atoms with Crippen LogP contribution in [-0.2, 0) is 9.59 Å². The zero-order valence-electron chi connectivity index (χ0n) is 11.7. The van der Waals surface area contributed by atoms with Crippen LogP contribution in [0.2, 0.25) is 0 Å². The van der Waals surface area contributed by atoms with E-state index in [-0.39, 0.29) is 0 Å². The highest BCUT2D eigenvalue weighted by atomic mass is 16.1. The van der Waals surface area contributed by atoms with Gasteiger partial charge in [0.2, 0.25) is 0 Å². The molecule has 0 aromatic heterocycles. The monoisotopic (exact) mass is 238 g/mol.